The third kappa shape index (κ3) is 2.01. The van der Waals surface area contributed by atoms with Gasteiger partial charge in [-0.3, -0.25) is 4.79 Å². The zero-order valence-electron chi connectivity index (χ0n) is 9.35. The highest BCUT2D eigenvalue weighted by atomic mass is 19.4. The topological polar surface area (TPSA) is 29.1 Å². The Balaban J connectivity index is 2.42. The lowest BCUT2D eigenvalue weighted by Crippen LogP contribution is -2.46. The maximum atomic E-state index is 13.1. The largest absolute Gasteiger partial charge is 0.402 e. The van der Waals surface area contributed by atoms with Crippen molar-refractivity contribution in [2.45, 2.75) is 12.6 Å². The van der Waals surface area contributed by atoms with Gasteiger partial charge >= 0.3 is 6.18 Å². The van der Waals surface area contributed by atoms with Gasteiger partial charge in [0.25, 0.3) is 0 Å². The molecule has 0 spiro atoms. The number of halogens is 4. The highest BCUT2D eigenvalue weighted by molar-refractivity contribution is 6.01. The molecule has 1 unspecified atom stereocenters. The summed E-state index contributed by atoms with van der Waals surface area (Å²) in [4.78, 5) is 12.0. The van der Waals surface area contributed by atoms with Crippen LogP contribution in [0.4, 0.5) is 17.6 Å². The lowest BCUT2D eigenvalue weighted by molar-refractivity contribution is -0.197. The van der Waals surface area contributed by atoms with Crippen LogP contribution in [0.5, 0.6) is 0 Å². The molecule has 2 nitrogen and oxygen atoms in total. The van der Waals surface area contributed by atoms with Gasteiger partial charge in [0.1, 0.15) is 11.2 Å². The van der Waals surface area contributed by atoms with E-state index in [1.807, 2.05) is 0 Å². The predicted molar refractivity (Wildman–Crippen MR) is 56.7 cm³/mol. The smallest absolute Gasteiger partial charge is 0.315 e. The van der Waals surface area contributed by atoms with Crippen LogP contribution >= 0.6 is 0 Å². The molecule has 6 heteroatoms. The molecule has 1 heterocycles. The highest BCUT2D eigenvalue weighted by Crippen LogP contribution is 2.45. The van der Waals surface area contributed by atoms with Gasteiger partial charge in [0.15, 0.2) is 5.78 Å². The molecule has 1 aromatic rings. The van der Waals surface area contributed by atoms with Gasteiger partial charge in [0.05, 0.1) is 0 Å². The number of hydrogen-bond donors (Lipinski definition) is 1. The molecule has 0 saturated carbocycles. The van der Waals surface area contributed by atoms with E-state index in [1.165, 1.54) is 12.1 Å². The number of ketones is 1. The first-order valence-electron chi connectivity index (χ1n) is 5.45. The van der Waals surface area contributed by atoms with Crippen LogP contribution in [-0.4, -0.2) is 25.0 Å². The standard InChI is InChI=1S/C12H11F4NO/c13-9-3-1-2-8(6-9)10(18)11(12(14,15)16)4-5-17-7-11/h1-3,6,17H,4-5,7H2. The Morgan fingerprint density at radius 1 is 1.33 bits per heavy atom. The predicted octanol–water partition coefficient (Wildman–Crippen LogP) is 2.55. The molecule has 0 bridgehead atoms. The second kappa shape index (κ2) is 4.35. The molecule has 0 amide bonds. The van der Waals surface area contributed by atoms with Crippen LogP contribution in [0.15, 0.2) is 24.3 Å². The number of benzene rings is 1. The molecular formula is C12H11F4NO. The summed E-state index contributed by atoms with van der Waals surface area (Å²) in [6.07, 6.45) is -4.95. The first-order valence-corrected chi connectivity index (χ1v) is 5.45. The molecule has 1 atom stereocenters. The second-order valence-electron chi connectivity index (χ2n) is 4.35. The summed E-state index contributed by atoms with van der Waals surface area (Å²) in [5, 5.41) is 2.55. The van der Waals surface area contributed by atoms with E-state index in [1.54, 1.807) is 0 Å². The third-order valence-electron chi connectivity index (χ3n) is 3.22. The van der Waals surface area contributed by atoms with Crippen LogP contribution in [0.3, 0.4) is 0 Å². The van der Waals surface area contributed by atoms with Crippen molar-refractivity contribution in [2.75, 3.05) is 13.1 Å². The van der Waals surface area contributed by atoms with E-state index < -0.39 is 29.7 Å². The van der Waals surface area contributed by atoms with Crippen LogP contribution < -0.4 is 5.32 Å². The summed E-state index contributed by atoms with van der Waals surface area (Å²) in [6, 6.07) is 4.37. The normalized spacial score (nSPS) is 24.2. The minimum Gasteiger partial charge on any atom is -0.315 e. The van der Waals surface area contributed by atoms with Crippen LogP contribution in [0, 0.1) is 11.2 Å². The molecule has 1 aliphatic rings. The number of rotatable bonds is 2. The average molecular weight is 261 g/mol. The molecule has 1 fully saturated rings. The van der Waals surface area contributed by atoms with Crippen molar-refractivity contribution in [2.24, 2.45) is 5.41 Å². The van der Waals surface area contributed by atoms with Gasteiger partial charge in [0.2, 0.25) is 0 Å². The number of carbonyl (C=O) groups excluding carboxylic acids is 1. The van der Waals surface area contributed by atoms with Crippen LogP contribution in [0.1, 0.15) is 16.8 Å². The molecule has 1 saturated heterocycles. The molecule has 0 radical (unpaired) electrons. The van der Waals surface area contributed by atoms with Crippen LogP contribution in [0.25, 0.3) is 0 Å². The average Bonchev–Trinajstić information content (AvgIpc) is 2.77. The minimum atomic E-state index is -4.64. The Labute approximate surface area is 101 Å². The maximum absolute atomic E-state index is 13.1. The summed E-state index contributed by atoms with van der Waals surface area (Å²) < 4.78 is 52.3. The van der Waals surface area contributed by atoms with Gasteiger partial charge in [-0.2, -0.15) is 13.2 Å². The van der Waals surface area contributed by atoms with E-state index in [2.05, 4.69) is 5.32 Å². The van der Waals surface area contributed by atoms with Crippen molar-refractivity contribution in [3.8, 4) is 0 Å². The fourth-order valence-corrected chi connectivity index (χ4v) is 2.16. The summed E-state index contributed by atoms with van der Waals surface area (Å²) in [6.45, 7) is -0.327. The summed E-state index contributed by atoms with van der Waals surface area (Å²) in [7, 11) is 0. The molecule has 1 aliphatic heterocycles. The van der Waals surface area contributed by atoms with E-state index in [0.717, 1.165) is 12.1 Å². The maximum Gasteiger partial charge on any atom is 0.402 e. The number of alkyl halides is 3. The van der Waals surface area contributed by atoms with Crippen molar-refractivity contribution < 1.29 is 22.4 Å². The van der Waals surface area contributed by atoms with Gasteiger partial charge in [0, 0.05) is 12.1 Å². The lowest BCUT2D eigenvalue weighted by atomic mass is 9.79. The molecule has 2 rings (SSSR count). The molecule has 0 aromatic heterocycles. The fraction of sp³-hybridized carbons (Fsp3) is 0.417. The number of carbonyl (C=O) groups is 1. The van der Waals surface area contributed by atoms with Crippen molar-refractivity contribution in [3.05, 3.63) is 35.6 Å². The minimum absolute atomic E-state index is 0.126. The third-order valence-corrected chi connectivity index (χ3v) is 3.22. The van der Waals surface area contributed by atoms with E-state index >= 15 is 0 Å². The summed E-state index contributed by atoms with van der Waals surface area (Å²) >= 11 is 0. The van der Waals surface area contributed by atoms with Crippen molar-refractivity contribution in [3.63, 3.8) is 0 Å². The zero-order valence-corrected chi connectivity index (χ0v) is 9.35. The Morgan fingerprint density at radius 3 is 2.56 bits per heavy atom. The Bertz CT molecular complexity index is 463. The molecule has 1 N–H and O–H groups in total. The van der Waals surface area contributed by atoms with Gasteiger partial charge in [-0.25, -0.2) is 4.39 Å². The van der Waals surface area contributed by atoms with Crippen molar-refractivity contribution >= 4 is 5.78 Å². The van der Waals surface area contributed by atoms with Crippen molar-refractivity contribution in [1.82, 2.24) is 5.32 Å². The monoisotopic (exact) mass is 261 g/mol. The molecular weight excluding hydrogens is 250 g/mol. The van der Waals surface area contributed by atoms with Crippen molar-refractivity contribution in [1.29, 1.82) is 0 Å². The van der Waals surface area contributed by atoms with Crippen LogP contribution in [0.2, 0.25) is 0 Å². The van der Waals surface area contributed by atoms with Crippen LogP contribution in [-0.2, 0) is 0 Å². The summed E-state index contributed by atoms with van der Waals surface area (Å²) in [5.74, 6) is -1.79. The molecule has 98 valence electrons. The van der Waals surface area contributed by atoms with Gasteiger partial charge in [-0.1, -0.05) is 12.1 Å². The molecule has 0 aliphatic carbocycles. The quantitative estimate of drug-likeness (QED) is 0.654. The van der Waals surface area contributed by atoms with E-state index in [4.69, 9.17) is 0 Å². The van der Waals surface area contributed by atoms with E-state index in [0.29, 0.717) is 0 Å². The Kier molecular flexibility index (Phi) is 3.14. The first-order chi connectivity index (χ1) is 8.37. The van der Waals surface area contributed by atoms with Gasteiger partial charge < -0.3 is 5.32 Å². The Hall–Kier alpha value is -1.43. The fourth-order valence-electron chi connectivity index (χ4n) is 2.16. The second-order valence-corrected chi connectivity index (χ2v) is 4.35. The zero-order chi connectivity index (χ0) is 13.4. The number of hydrogen-bond acceptors (Lipinski definition) is 2. The van der Waals surface area contributed by atoms with Gasteiger partial charge in [-0.15, -0.1) is 0 Å². The van der Waals surface area contributed by atoms with E-state index in [-0.39, 0.29) is 18.5 Å². The van der Waals surface area contributed by atoms with Gasteiger partial charge in [-0.05, 0) is 25.1 Å². The lowest BCUT2D eigenvalue weighted by Gasteiger charge is -2.29. The van der Waals surface area contributed by atoms with E-state index in [9.17, 15) is 22.4 Å². The number of Topliss-reactive ketones (excluding diaryl/α,β-unsaturated/α-hetero) is 1. The number of nitrogens with one attached hydrogen (secondary N) is 1. The SMILES string of the molecule is O=C(c1cccc(F)c1)C1(C(F)(F)F)CCNC1. The first kappa shape index (κ1) is 13.0. The molecule has 18 heavy (non-hydrogen) atoms. The summed E-state index contributed by atoms with van der Waals surface area (Å²) in [5.41, 5.74) is -2.67. The molecule has 1 aromatic carbocycles. The Morgan fingerprint density at radius 2 is 2.06 bits per heavy atom. The highest BCUT2D eigenvalue weighted by Gasteiger charge is 2.61.